The van der Waals surface area contributed by atoms with E-state index in [0.717, 1.165) is 19.4 Å². The summed E-state index contributed by atoms with van der Waals surface area (Å²) in [5.74, 6) is 1.34. The van der Waals surface area contributed by atoms with Gasteiger partial charge in [0, 0.05) is 18.5 Å². The van der Waals surface area contributed by atoms with Crippen LogP contribution in [0.1, 0.15) is 60.6 Å². The molecule has 0 aromatic carbocycles. The monoisotopic (exact) mass is 349 g/mol. The van der Waals surface area contributed by atoms with Crippen molar-refractivity contribution < 1.29 is 18.9 Å². The van der Waals surface area contributed by atoms with Crippen LogP contribution in [-0.2, 0) is 13.1 Å². The minimum Gasteiger partial charge on any atom is -0.392 e. The quantitative estimate of drug-likeness (QED) is 0.795. The molecule has 9 nitrogen and oxygen atoms in total. The fourth-order valence-corrected chi connectivity index (χ4v) is 2.71. The lowest BCUT2D eigenvalue weighted by Crippen LogP contribution is -2.37. The molecule has 1 amide bonds. The Kier molecular flexibility index (Phi) is 5.44. The van der Waals surface area contributed by atoms with Gasteiger partial charge < -0.3 is 19.5 Å². The Morgan fingerprint density at radius 1 is 1.44 bits per heavy atom. The highest BCUT2D eigenvalue weighted by Crippen LogP contribution is 2.14. The van der Waals surface area contributed by atoms with Gasteiger partial charge in [0.05, 0.1) is 19.2 Å². The van der Waals surface area contributed by atoms with Gasteiger partial charge in [0.15, 0.2) is 17.3 Å². The molecule has 1 aliphatic rings. The number of likely N-dealkylation sites (tertiary alicyclic amines) is 1. The fraction of sp³-hybridized carbons (Fsp3) is 0.625. The number of nitrogens with one attached hydrogen (secondary N) is 1. The highest BCUT2D eigenvalue weighted by Gasteiger charge is 2.20. The van der Waals surface area contributed by atoms with Gasteiger partial charge in [-0.1, -0.05) is 24.2 Å². The standard InChI is InChI=1S/C16H23N5O4/c1-10(2)16-18-14(20-25-16)7-17-15(23)13-6-12(24-19-13)9-21-5-3-4-11(22)8-21/h6,10-11,22H,3-5,7-9H2,1-2H3,(H,17,23). The number of piperidine rings is 1. The van der Waals surface area contributed by atoms with Crippen molar-refractivity contribution in [2.75, 3.05) is 13.1 Å². The Morgan fingerprint density at radius 2 is 2.28 bits per heavy atom. The second kappa shape index (κ2) is 7.75. The van der Waals surface area contributed by atoms with E-state index in [0.29, 0.717) is 30.6 Å². The predicted molar refractivity (Wildman–Crippen MR) is 86.6 cm³/mol. The number of hydrogen-bond acceptors (Lipinski definition) is 8. The molecule has 0 saturated carbocycles. The van der Waals surface area contributed by atoms with E-state index < -0.39 is 0 Å². The molecule has 0 bridgehead atoms. The number of β-amino-alcohol motifs (C(OH)–C–C–N with tert-alkyl or cyclic N) is 1. The first kappa shape index (κ1) is 17.6. The molecule has 0 aliphatic carbocycles. The average Bonchev–Trinajstić information content (AvgIpc) is 3.22. The maximum atomic E-state index is 12.1. The number of carbonyl (C=O) groups is 1. The molecule has 1 unspecified atom stereocenters. The van der Waals surface area contributed by atoms with Gasteiger partial charge in [-0.25, -0.2) is 0 Å². The summed E-state index contributed by atoms with van der Waals surface area (Å²) in [7, 11) is 0. The van der Waals surface area contributed by atoms with Gasteiger partial charge in [0.25, 0.3) is 5.91 Å². The number of nitrogens with zero attached hydrogens (tertiary/aromatic N) is 4. The molecule has 1 atom stereocenters. The molecular weight excluding hydrogens is 326 g/mol. The van der Waals surface area contributed by atoms with Gasteiger partial charge in [-0.2, -0.15) is 4.98 Å². The molecule has 0 radical (unpaired) electrons. The summed E-state index contributed by atoms with van der Waals surface area (Å²) in [6.07, 6.45) is 1.48. The number of aliphatic hydroxyl groups excluding tert-OH is 1. The normalized spacial score (nSPS) is 18.6. The lowest BCUT2D eigenvalue weighted by molar-refractivity contribution is 0.0622. The summed E-state index contributed by atoms with van der Waals surface area (Å²) < 4.78 is 10.3. The van der Waals surface area contributed by atoms with Crippen LogP contribution in [0.5, 0.6) is 0 Å². The molecule has 136 valence electrons. The van der Waals surface area contributed by atoms with Crippen molar-refractivity contribution in [2.24, 2.45) is 0 Å². The summed E-state index contributed by atoms with van der Waals surface area (Å²) in [6.45, 7) is 6.10. The summed E-state index contributed by atoms with van der Waals surface area (Å²) in [5, 5.41) is 20.0. The molecule has 25 heavy (non-hydrogen) atoms. The van der Waals surface area contributed by atoms with Gasteiger partial charge in [-0.15, -0.1) is 0 Å². The van der Waals surface area contributed by atoms with Crippen molar-refractivity contribution in [2.45, 2.75) is 51.8 Å². The maximum absolute atomic E-state index is 12.1. The third kappa shape index (κ3) is 4.64. The highest BCUT2D eigenvalue weighted by atomic mass is 16.5. The zero-order valence-electron chi connectivity index (χ0n) is 14.4. The number of rotatable bonds is 6. The number of aromatic nitrogens is 3. The van der Waals surface area contributed by atoms with Crippen LogP contribution in [0.4, 0.5) is 0 Å². The molecule has 1 fully saturated rings. The Hall–Kier alpha value is -2.26. The van der Waals surface area contributed by atoms with E-state index in [-0.39, 0.29) is 30.2 Å². The van der Waals surface area contributed by atoms with E-state index in [4.69, 9.17) is 9.05 Å². The van der Waals surface area contributed by atoms with Gasteiger partial charge in [-0.05, 0) is 19.4 Å². The van der Waals surface area contributed by atoms with Crippen molar-refractivity contribution in [3.05, 3.63) is 29.2 Å². The van der Waals surface area contributed by atoms with Gasteiger partial charge in [0.2, 0.25) is 5.89 Å². The second-order valence-corrected chi connectivity index (χ2v) is 6.60. The molecule has 3 heterocycles. The average molecular weight is 349 g/mol. The second-order valence-electron chi connectivity index (χ2n) is 6.60. The molecule has 1 saturated heterocycles. The Labute approximate surface area is 145 Å². The van der Waals surface area contributed by atoms with E-state index in [1.807, 2.05) is 13.8 Å². The Bertz CT molecular complexity index is 711. The summed E-state index contributed by atoms with van der Waals surface area (Å²) in [6, 6.07) is 1.62. The maximum Gasteiger partial charge on any atom is 0.273 e. The van der Waals surface area contributed by atoms with Crippen molar-refractivity contribution >= 4 is 5.91 Å². The lowest BCUT2D eigenvalue weighted by atomic mass is 10.1. The first-order valence-electron chi connectivity index (χ1n) is 8.48. The van der Waals surface area contributed by atoms with Gasteiger partial charge in [0.1, 0.15) is 0 Å². The number of aliphatic hydroxyl groups is 1. The molecule has 2 aromatic heterocycles. The van der Waals surface area contributed by atoms with Crippen LogP contribution in [0.3, 0.4) is 0 Å². The molecular formula is C16H23N5O4. The van der Waals surface area contributed by atoms with Crippen LogP contribution >= 0.6 is 0 Å². The zero-order valence-corrected chi connectivity index (χ0v) is 14.4. The molecule has 9 heteroatoms. The molecule has 0 spiro atoms. The first-order valence-corrected chi connectivity index (χ1v) is 8.48. The largest absolute Gasteiger partial charge is 0.392 e. The van der Waals surface area contributed by atoms with Crippen molar-refractivity contribution in [1.82, 2.24) is 25.5 Å². The van der Waals surface area contributed by atoms with E-state index in [1.165, 1.54) is 0 Å². The van der Waals surface area contributed by atoms with E-state index in [1.54, 1.807) is 6.07 Å². The summed E-state index contributed by atoms with van der Waals surface area (Å²) in [4.78, 5) is 18.4. The predicted octanol–water partition coefficient (Wildman–Crippen LogP) is 1.07. The van der Waals surface area contributed by atoms with E-state index in [9.17, 15) is 9.90 Å². The smallest absolute Gasteiger partial charge is 0.273 e. The zero-order chi connectivity index (χ0) is 17.8. The molecule has 1 aliphatic heterocycles. The highest BCUT2D eigenvalue weighted by molar-refractivity contribution is 5.92. The van der Waals surface area contributed by atoms with Crippen LogP contribution in [0.15, 0.2) is 15.1 Å². The van der Waals surface area contributed by atoms with Crippen molar-refractivity contribution in [3.8, 4) is 0 Å². The van der Waals surface area contributed by atoms with Crippen LogP contribution in [-0.4, -0.2) is 50.4 Å². The fourth-order valence-electron chi connectivity index (χ4n) is 2.71. The molecule has 2 N–H and O–H groups in total. The van der Waals surface area contributed by atoms with Gasteiger partial charge in [-0.3, -0.25) is 9.69 Å². The summed E-state index contributed by atoms with van der Waals surface area (Å²) >= 11 is 0. The Morgan fingerprint density at radius 3 is 3.00 bits per heavy atom. The van der Waals surface area contributed by atoms with Crippen molar-refractivity contribution in [3.63, 3.8) is 0 Å². The number of hydrogen-bond donors (Lipinski definition) is 2. The molecule has 2 aromatic rings. The third-order valence-corrected chi connectivity index (χ3v) is 4.04. The van der Waals surface area contributed by atoms with Crippen LogP contribution in [0.2, 0.25) is 0 Å². The van der Waals surface area contributed by atoms with Crippen LogP contribution in [0, 0.1) is 0 Å². The van der Waals surface area contributed by atoms with E-state index >= 15 is 0 Å². The third-order valence-electron chi connectivity index (χ3n) is 4.04. The van der Waals surface area contributed by atoms with Crippen molar-refractivity contribution in [1.29, 1.82) is 0 Å². The molecule has 3 rings (SSSR count). The van der Waals surface area contributed by atoms with Crippen LogP contribution < -0.4 is 5.32 Å². The van der Waals surface area contributed by atoms with E-state index in [2.05, 4.69) is 25.5 Å². The SMILES string of the molecule is CC(C)c1nc(CNC(=O)c2cc(CN3CCCC(O)C3)on2)no1. The number of amides is 1. The number of carbonyl (C=O) groups excluding carboxylic acids is 1. The minimum atomic E-state index is -0.357. The minimum absolute atomic E-state index is 0.142. The Balaban J connectivity index is 1.51. The lowest BCUT2D eigenvalue weighted by Gasteiger charge is -2.28. The topological polar surface area (TPSA) is 118 Å². The summed E-state index contributed by atoms with van der Waals surface area (Å²) in [5.41, 5.74) is 0.208. The van der Waals surface area contributed by atoms with Gasteiger partial charge >= 0.3 is 0 Å². The first-order chi connectivity index (χ1) is 12.0. The van der Waals surface area contributed by atoms with Crippen LogP contribution in [0.25, 0.3) is 0 Å².